The molecule has 1 atom stereocenters. The number of carbonyl (C=O) groups excluding carboxylic acids is 1. The molecule has 106 valence electrons. The molecule has 1 heterocycles. The van der Waals surface area contributed by atoms with Gasteiger partial charge in [0.2, 0.25) is 5.91 Å². The zero-order valence-electron chi connectivity index (χ0n) is 10.9. The van der Waals surface area contributed by atoms with Crippen LogP contribution in [0.15, 0.2) is 12.7 Å². The molecule has 1 rings (SSSR count). The Balaban J connectivity index is 3.02. The molecule has 0 unspecified atom stereocenters. The van der Waals surface area contributed by atoms with Crippen LogP contribution in [0.1, 0.15) is 22.5 Å². The summed E-state index contributed by atoms with van der Waals surface area (Å²) in [6.45, 7) is 7.57. The van der Waals surface area contributed by atoms with Crippen LogP contribution >= 0.6 is 11.3 Å². The molecule has 3 nitrogen and oxygen atoms in total. The molecule has 0 N–H and O–H groups in total. The first-order valence-electron chi connectivity index (χ1n) is 5.59. The van der Waals surface area contributed by atoms with Crippen LogP contribution in [0.4, 0.5) is 13.2 Å². The highest BCUT2D eigenvalue weighted by molar-refractivity contribution is 7.11. The van der Waals surface area contributed by atoms with Gasteiger partial charge in [-0.2, -0.15) is 13.2 Å². The molecular formula is C12H15F3N2OS. The summed E-state index contributed by atoms with van der Waals surface area (Å²) in [5.74, 6) is -0.755. The maximum absolute atomic E-state index is 12.8. The molecule has 1 aromatic rings. The highest BCUT2D eigenvalue weighted by Crippen LogP contribution is 2.27. The Hall–Kier alpha value is -1.37. The van der Waals surface area contributed by atoms with Gasteiger partial charge in [0.25, 0.3) is 0 Å². The summed E-state index contributed by atoms with van der Waals surface area (Å²) >= 11 is 1.39. The van der Waals surface area contributed by atoms with Gasteiger partial charge in [-0.15, -0.1) is 11.3 Å². The van der Waals surface area contributed by atoms with Crippen LogP contribution in [0, 0.1) is 13.8 Å². The first-order chi connectivity index (χ1) is 8.66. The summed E-state index contributed by atoms with van der Waals surface area (Å²) in [5.41, 5.74) is 0.494. The van der Waals surface area contributed by atoms with E-state index in [1.165, 1.54) is 11.3 Å². The fraction of sp³-hybridized carbons (Fsp3) is 0.500. The molecule has 0 aliphatic rings. The molecule has 0 aliphatic carbocycles. The Labute approximate surface area is 113 Å². The SMILES string of the molecule is C=CC(=O)N(Cc1nc(C)sc1C)[C@H](C)C(F)(F)F. The normalized spacial score (nSPS) is 13.2. The molecule has 19 heavy (non-hydrogen) atoms. The highest BCUT2D eigenvalue weighted by atomic mass is 32.1. The molecule has 0 spiro atoms. The average Bonchev–Trinajstić information content (AvgIpc) is 2.61. The van der Waals surface area contributed by atoms with Crippen molar-refractivity contribution in [2.24, 2.45) is 0 Å². The molecule has 0 saturated heterocycles. The molecule has 0 aliphatic heterocycles. The van der Waals surface area contributed by atoms with Crippen LogP contribution in [-0.4, -0.2) is 28.0 Å². The number of halogens is 3. The maximum atomic E-state index is 12.8. The van der Waals surface area contributed by atoms with Gasteiger partial charge in [0.15, 0.2) is 0 Å². The zero-order valence-corrected chi connectivity index (χ0v) is 11.7. The van der Waals surface area contributed by atoms with Gasteiger partial charge < -0.3 is 4.90 Å². The summed E-state index contributed by atoms with van der Waals surface area (Å²) in [7, 11) is 0. The average molecular weight is 292 g/mol. The number of thiazole rings is 1. The van der Waals surface area contributed by atoms with Crippen molar-refractivity contribution in [1.82, 2.24) is 9.88 Å². The molecule has 0 fully saturated rings. The third-order valence-electron chi connectivity index (χ3n) is 2.72. The summed E-state index contributed by atoms with van der Waals surface area (Å²) in [6.07, 6.45) is -3.59. The Morgan fingerprint density at radius 3 is 2.47 bits per heavy atom. The standard InChI is InChI=1S/C12H15F3N2OS/c1-5-11(18)17(8(3)12(13,14)15)6-10-7(2)19-9(4)16-10/h5,8H,1,6H2,2-4H3/t8-/m1/s1. The summed E-state index contributed by atoms with van der Waals surface area (Å²) in [4.78, 5) is 17.3. The van der Waals surface area contributed by atoms with Crippen molar-refractivity contribution in [3.05, 3.63) is 28.2 Å². The van der Waals surface area contributed by atoms with Gasteiger partial charge in [-0.1, -0.05) is 6.58 Å². The number of nitrogens with zero attached hydrogens (tertiary/aromatic N) is 2. The fourth-order valence-corrected chi connectivity index (χ4v) is 2.41. The Morgan fingerprint density at radius 1 is 1.53 bits per heavy atom. The van der Waals surface area contributed by atoms with E-state index in [4.69, 9.17) is 0 Å². The first kappa shape index (κ1) is 15.7. The van der Waals surface area contributed by atoms with Crippen molar-refractivity contribution in [2.75, 3.05) is 0 Å². The van der Waals surface area contributed by atoms with E-state index in [1.54, 1.807) is 13.8 Å². The Morgan fingerprint density at radius 2 is 2.11 bits per heavy atom. The van der Waals surface area contributed by atoms with E-state index in [2.05, 4.69) is 11.6 Å². The van der Waals surface area contributed by atoms with Gasteiger partial charge in [-0.3, -0.25) is 4.79 Å². The molecule has 0 aromatic carbocycles. The third kappa shape index (κ3) is 3.79. The van der Waals surface area contributed by atoms with E-state index in [0.29, 0.717) is 5.69 Å². The first-order valence-corrected chi connectivity index (χ1v) is 6.41. The summed E-state index contributed by atoms with van der Waals surface area (Å²) < 4.78 is 38.3. The number of amides is 1. The number of aromatic nitrogens is 1. The smallest absolute Gasteiger partial charge is 0.321 e. The predicted octanol–water partition coefficient (Wildman–Crippen LogP) is 3.23. The number of rotatable bonds is 4. The monoisotopic (exact) mass is 292 g/mol. The second kappa shape index (κ2) is 5.73. The molecule has 1 aromatic heterocycles. The molecule has 1 amide bonds. The Bertz CT molecular complexity index is 482. The second-order valence-electron chi connectivity index (χ2n) is 4.12. The van der Waals surface area contributed by atoms with Gasteiger partial charge in [0, 0.05) is 4.88 Å². The third-order valence-corrected chi connectivity index (χ3v) is 3.65. The van der Waals surface area contributed by atoms with Crippen molar-refractivity contribution < 1.29 is 18.0 Å². The Kier molecular flexibility index (Phi) is 4.73. The molecule has 7 heteroatoms. The van der Waals surface area contributed by atoms with E-state index in [1.807, 2.05) is 0 Å². The van der Waals surface area contributed by atoms with E-state index >= 15 is 0 Å². The van der Waals surface area contributed by atoms with Crippen LogP contribution in [0.3, 0.4) is 0 Å². The molecular weight excluding hydrogens is 277 g/mol. The highest BCUT2D eigenvalue weighted by Gasteiger charge is 2.41. The van der Waals surface area contributed by atoms with Gasteiger partial charge in [0.1, 0.15) is 6.04 Å². The van der Waals surface area contributed by atoms with Crippen molar-refractivity contribution in [1.29, 1.82) is 0 Å². The van der Waals surface area contributed by atoms with Crippen LogP contribution in [0.25, 0.3) is 0 Å². The second-order valence-corrected chi connectivity index (χ2v) is 5.53. The predicted molar refractivity (Wildman–Crippen MR) is 67.9 cm³/mol. The molecule has 0 saturated carbocycles. The number of hydrogen-bond donors (Lipinski definition) is 0. The van der Waals surface area contributed by atoms with E-state index < -0.39 is 18.1 Å². The van der Waals surface area contributed by atoms with Gasteiger partial charge in [0.05, 0.1) is 17.2 Å². The lowest BCUT2D eigenvalue weighted by atomic mass is 10.2. The molecule has 0 radical (unpaired) electrons. The van der Waals surface area contributed by atoms with Gasteiger partial charge in [-0.05, 0) is 26.8 Å². The number of carbonyl (C=O) groups is 1. The van der Waals surface area contributed by atoms with Crippen LogP contribution in [-0.2, 0) is 11.3 Å². The topological polar surface area (TPSA) is 33.2 Å². The van der Waals surface area contributed by atoms with Crippen molar-refractivity contribution in [2.45, 2.75) is 39.5 Å². The van der Waals surface area contributed by atoms with Crippen molar-refractivity contribution in [3.63, 3.8) is 0 Å². The summed E-state index contributed by atoms with van der Waals surface area (Å²) in [6, 6.07) is -1.88. The lowest BCUT2D eigenvalue weighted by Crippen LogP contribution is -2.46. The van der Waals surface area contributed by atoms with Crippen molar-refractivity contribution >= 4 is 17.2 Å². The molecule has 0 bridgehead atoms. The van der Waals surface area contributed by atoms with Gasteiger partial charge >= 0.3 is 6.18 Å². The van der Waals surface area contributed by atoms with Crippen LogP contribution in [0.5, 0.6) is 0 Å². The van der Waals surface area contributed by atoms with Gasteiger partial charge in [-0.25, -0.2) is 4.98 Å². The number of aryl methyl sites for hydroxylation is 2. The van der Waals surface area contributed by atoms with Crippen LogP contribution in [0.2, 0.25) is 0 Å². The lowest BCUT2D eigenvalue weighted by Gasteiger charge is -2.29. The number of alkyl halides is 3. The minimum atomic E-state index is -4.47. The minimum Gasteiger partial charge on any atom is -0.321 e. The van der Waals surface area contributed by atoms with Crippen LogP contribution < -0.4 is 0 Å². The quantitative estimate of drug-likeness (QED) is 0.798. The minimum absolute atomic E-state index is 0.165. The summed E-state index contributed by atoms with van der Waals surface area (Å²) in [5, 5.41) is 0.762. The van der Waals surface area contributed by atoms with E-state index in [0.717, 1.165) is 27.8 Å². The fourth-order valence-electron chi connectivity index (χ4n) is 1.58. The maximum Gasteiger partial charge on any atom is 0.408 e. The van der Waals surface area contributed by atoms with E-state index in [9.17, 15) is 18.0 Å². The zero-order chi connectivity index (χ0) is 14.8. The lowest BCUT2D eigenvalue weighted by molar-refractivity contribution is -0.185. The van der Waals surface area contributed by atoms with Crippen molar-refractivity contribution in [3.8, 4) is 0 Å². The van der Waals surface area contributed by atoms with E-state index in [-0.39, 0.29) is 6.54 Å². The number of hydrogen-bond acceptors (Lipinski definition) is 3. The largest absolute Gasteiger partial charge is 0.408 e.